The van der Waals surface area contributed by atoms with Crippen LogP contribution in [0.3, 0.4) is 0 Å². The van der Waals surface area contributed by atoms with Crippen molar-refractivity contribution in [3.63, 3.8) is 0 Å². The lowest BCUT2D eigenvalue weighted by atomic mass is 10.1. The highest BCUT2D eigenvalue weighted by Crippen LogP contribution is 2.38. The Balaban J connectivity index is 2.07. The smallest absolute Gasteiger partial charge is 0.332 e. The monoisotopic (exact) mass is 383 g/mol. The molecule has 3 aromatic heterocycles. The summed E-state index contributed by atoms with van der Waals surface area (Å²) in [6.07, 6.45) is 3.21. The molecule has 7 nitrogen and oxygen atoms in total. The zero-order valence-electron chi connectivity index (χ0n) is 14.4. The second-order valence-corrected chi connectivity index (χ2v) is 6.88. The van der Waals surface area contributed by atoms with E-state index in [9.17, 15) is 14.0 Å². The standard InChI is InChI=1S/C18H14FN5O2S/c1-23-15-12(16(25)24(2)18(23)26)14(27-17-20-8-3-9-21-17)13(22-15)10-4-6-11(19)7-5-10/h3-9,22H,1-2H3. The average molecular weight is 383 g/mol. The maximum atomic E-state index is 13.4. The van der Waals surface area contributed by atoms with Gasteiger partial charge in [-0.25, -0.2) is 19.2 Å². The largest absolute Gasteiger partial charge is 0.339 e. The van der Waals surface area contributed by atoms with Crippen molar-refractivity contribution < 1.29 is 4.39 Å². The Morgan fingerprint density at radius 2 is 1.70 bits per heavy atom. The molecule has 0 atom stereocenters. The lowest BCUT2D eigenvalue weighted by molar-refractivity contribution is 0.628. The summed E-state index contributed by atoms with van der Waals surface area (Å²) in [6, 6.07) is 7.59. The number of aromatic amines is 1. The van der Waals surface area contributed by atoms with E-state index in [1.165, 1.54) is 35.5 Å². The fourth-order valence-corrected chi connectivity index (χ4v) is 3.81. The molecule has 4 rings (SSSR count). The first-order valence-electron chi connectivity index (χ1n) is 8.00. The first-order chi connectivity index (χ1) is 13.0. The number of fused-ring (bicyclic) bond motifs is 1. The van der Waals surface area contributed by atoms with Crippen LogP contribution in [0.2, 0.25) is 0 Å². The van der Waals surface area contributed by atoms with Crippen LogP contribution in [0.1, 0.15) is 0 Å². The summed E-state index contributed by atoms with van der Waals surface area (Å²) >= 11 is 1.21. The third kappa shape index (κ3) is 2.85. The molecule has 0 fully saturated rings. The number of hydrogen-bond acceptors (Lipinski definition) is 5. The van der Waals surface area contributed by atoms with Gasteiger partial charge in [-0.15, -0.1) is 0 Å². The van der Waals surface area contributed by atoms with Gasteiger partial charge in [0.25, 0.3) is 5.56 Å². The van der Waals surface area contributed by atoms with Crippen molar-refractivity contribution in [1.82, 2.24) is 24.1 Å². The van der Waals surface area contributed by atoms with Gasteiger partial charge in [0, 0.05) is 26.5 Å². The van der Waals surface area contributed by atoms with E-state index in [2.05, 4.69) is 15.0 Å². The highest BCUT2D eigenvalue weighted by molar-refractivity contribution is 7.99. The molecule has 0 amide bonds. The molecule has 0 aliphatic heterocycles. The van der Waals surface area contributed by atoms with Crippen LogP contribution in [-0.2, 0) is 14.1 Å². The Labute approximate surface area is 156 Å². The molecule has 1 N–H and O–H groups in total. The Kier molecular flexibility index (Phi) is 4.15. The predicted molar refractivity (Wildman–Crippen MR) is 100 cm³/mol. The van der Waals surface area contributed by atoms with Gasteiger partial charge in [-0.05, 0) is 47.7 Å². The normalized spacial score (nSPS) is 11.2. The summed E-state index contributed by atoms with van der Waals surface area (Å²) in [5.74, 6) is -0.362. The number of aryl methyl sites for hydroxylation is 1. The van der Waals surface area contributed by atoms with Crippen LogP contribution < -0.4 is 11.2 Å². The highest BCUT2D eigenvalue weighted by atomic mass is 32.2. The lowest BCUT2D eigenvalue weighted by Gasteiger charge is -2.05. The van der Waals surface area contributed by atoms with Crippen LogP contribution in [0.15, 0.2) is 62.4 Å². The summed E-state index contributed by atoms with van der Waals surface area (Å²) in [6.45, 7) is 0. The third-order valence-electron chi connectivity index (χ3n) is 4.23. The second kappa shape index (κ2) is 6.51. The molecular weight excluding hydrogens is 369 g/mol. The van der Waals surface area contributed by atoms with E-state index in [4.69, 9.17) is 0 Å². The van der Waals surface area contributed by atoms with Gasteiger partial charge in [0.1, 0.15) is 11.5 Å². The van der Waals surface area contributed by atoms with Gasteiger partial charge in [-0.1, -0.05) is 0 Å². The van der Waals surface area contributed by atoms with Crippen molar-refractivity contribution in [2.75, 3.05) is 0 Å². The molecule has 0 radical (unpaired) electrons. The minimum absolute atomic E-state index is 0.358. The molecule has 1 aromatic carbocycles. The number of hydrogen-bond donors (Lipinski definition) is 1. The number of halogens is 1. The van der Waals surface area contributed by atoms with Gasteiger partial charge in [0.15, 0.2) is 5.16 Å². The Hall–Kier alpha value is -3.20. The molecule has 9 heteroatoms. The number of H-pyrrole nitrogens is 1. The highest BCUT2D eigenvalue weighted by Gasteiger charge is 2.22. The minimum atomic E-state index is -0.438. The molecule has 136 valence electrons. The summed E-state index contributed by atoms with van der Waals surface area (Å²) < 4.78 is 15.8. The van der Waals surface area contributed by atoms with E-state index in [1.807, 2.05) is 0 Å². The van der Waals surface area contributed by atoms with E-state index in [-0.39, 0.29) is 5.82 Å². The zero-order chi connectivity index (χ0) is 19.1. The number of nitrogens with one attached hydrogen (secondary N) is 1. The lowest BCUT2D eigenvalue weighted by Crippen LogP contribution is -2.36. The van der Waals surface area contributed by atoms with Crippen LogP contribution in [0.5, 0.6) is 0 Å². The van der Waals surface area contributed by atoms with Gasteiger partial charge < -0.3 is 4.98 Å². The second-order valence-electron chi connectivity index (χ2n) is 5.90. The van der Waals surface area contributed by atoms with E-state index < -0.39 is 11.2 Å². The van der Waals surface area contributed by atoms with Gasteiger partial charge in [0.2, 0.25) is 0 Å². The first kappa shape index (κ1) is 17.2. The maximum absolute atomic E-state index is 13.4. The van der Waals surface area contributed by atoms with Crippen molar-refractivity contribution in [2.24, 2.45) is 14.1 Å². The summed E-state index contributed by atoms with van der Waals surface area (Å²) in [4.78, 5) is 37.2. The molecule has 0 bridgehead atoms. The zero-order valence-corrected chi connectivity index (χ0v) is 15.2. The molecule has 0 saturated carbocycles. The molecular formula is C18H14FN5O2S. The number of aromatic nitrogens is 5. The van der Waals surface area contributed by atoms with Gasteiger partial charge in [-0.2, -0.15) is 0 Å². The van der Waals surface area contributed by atoms with Crippen molar-refractivity contribution in [2.45, 2.75) is 10.1 Å². The molecule has 27 heavy (non-hydrogen) atoms. The van der Waals surface area contributed by atoms with Crippen LogP contribution in [-0.4, -0.2) is 24.1 Å². The first-order valence-corrected chi connectivity index (χ1v) is 8.81. The van der Waals surface area contributed by atoms with Crippen molar-refractivity contribution in [3.8, 4) is 11.3 Å². The molecule has 4 aromatic rings. The fraction of sp³-hybridized carbons (Fsp3) is 0.111. The maximum Gasteiger partial charge on any atom is 0.332 e. The average Bonchev–Trinajstić information content (AvgIpc) is 3.05. The van der Waals surface area contributed by atoms with E-state index >= 15 is 0 Å². The molecule has 0 aliphatic rings. The quantitative estimate of drug-likeness (QED) is 0.549. The van der Waals surface area contributed by atoms with Gasteiger partial charge in [-0.3, -0.25) is 13.9 Å². The fourth-order valence-electron chi connectivity index (χ4n) is 2.85. The molecule has 3 heterocycles. The summed E-state index contributed by atoms with van der Waals surface area (Å²) in [5.41, 5.74) is 0.810. The number of nitrogens with zero attached hydrogens (tertiary/aromatic N) is 4. The molecule has 0 unspecified atom stereocenters. The van der Waals surface area contributed by atoms with Crippen LogP contribution in [0, 0.1) is 5.82 Å². The van der Waals surface area contributed by atoms with Crippen molar-refractivity contribution in [3.05, 3.63) is 69.4 Å². The van der Waals surface area contributed by atoms with Crippen LogP contribution in [0.4, 0.5) is 4.39 Å². The van der Waals surface area contributed by atoms with Gasteiger partial charge in [0.05, 0.1) is 16.0 Å². The summed E-state index contributed by atoms with van der Waals surface area (Å²) in [7, 11) is 3.02. The summed E-state index contributed by atoms with van der Waals surface area (Å²) in [5, 5.41) is 0.814. The van der Waals surface area contributed by atoms with E-state index in [0.717, 1.165) is 4.57 Å². The minimum Gasteiger partial charge on any atom is -0.339 e. The number of rotatable bonds is 3. The molecule has 0 saturated heterocycles. The topological polar surface area (TPSA) is 85.6 Å². The SMILES string of the molecule is Cn1c(=O)c2c(Sc3ncccn3)c(-c3ccc(F)cc3)[nH]c2n(C)c1=O. The molecule has 0 spiro atoms. The van der Waals surface area contributed by atoms with E-state index in [1.54, 1.807) is 37.6 Å². The number of benzene rings is 1. The Morgan fingerprint density at radius 3 is 2.37 bits per heavy atom. The third-order valence-corrected chi connectivity index (χ3v) is 5.24. The van der Waals surface area contributed by atoms with Gasteiger partial charge >= 0.3 is 5.69 Å². The molecule has 0 aliphatic carbocycles. The van der Waals surface area contributed by atoms with Crippen LogP contribution >= 0.6 is 11.8 Å². The Morgan fingerprint density at radius 1 is 1.04 bits per heavy atom. The predicted octanol–water partition coefficient (Wildman–Crippen LogP) is 2.31. The van der Waals surface area contributed by atoms with Crippen molar-refractivity contribution >= 4 is 22.8 Å². The van der Waals surface area contributed by atoms with Crippen molar-refractivity contribution in [1.29, 1.82) is 0 Å². The van der Waals surface area contributed by atoms with E-state index in [0.29, 0.717) is 32.3 Å². The van der Waals surface area contributed by atoms with Crippen LogP contribution in [0.25, 0.3) is 22.3 Å². The Bertz CT molecular complexity index is 1260.